The fraction of sp³-hybridized carbons (Fsp3) is 0.526. The topological polar surface area (TPSA) is 37.4 Å². The van der Waals surface area contributed by atoms with Crippen molar-refractivity contribution in [1.29, 1.82) is 0 Å². The van der Waals surface area contributed by atoms with Crippen molar-refractivity contribution in [1.82, 2.24) is 10.3 Å². The number of nitrogens with one attached hydrogen (secondary N) is 1. The zero-order valence-electron chi connectivity index (χ0n) is 14.2. The standard InChI is InChI=1S/C19H25N3OS/c1-14-13-22(8-9-23-14)19-6-5-15(12-21-19)11-20-17-3-2-4-18-16(17)7-10-24-18/h5-7,10,12,14,17,20H,2-4,8-9,11,13H2,1H3. The van der Waals surface area contributed by atoms with E-state index < -0.39 is 0 Å². The summed E-state index contributed by atoms with van der Waals surface area (Å²) in [6.07, 6.45) is 6.07. The highest BCUT2D eigenvalue weighted by Gasteiger charge is 2.21. The molecule has 1 aliphatic carbocycles. The van der Waals surface area contributed by atoms with Crippen molar-refractivity contribution in [3.63, 3.8) is 0 Å². The van der Waals surface area contributed by atoms with Gasteiger partial charge in [-0.15, -0.1) is 11.3 Å². The Morgan fingerprint density at radius 1 is 1.38 bits per heavy atom. The summed E-state index contributed by atoms with van der Waals surface area (Å²) in [6.45, 7) is 5.64. The molecule has 1 aliphatic heterocycles. The maximum absolute atomic E-state index is 5.60. The Hall–Kier alpha value is -1.43. The van der Waals surface area contributed by atoms with Crippen LogP contribution < -0.4 is 10.2 Å². The number of ether oxygens (including phenoxy) is 1. The first-order valence-electron chi connectivity index (χ1n) is 8.91. The number of fused-ring (bicyclic) bond motifs is 1. The Kier molecular flexibility index (Phi) is 4.83. The van der Waals surface area contributed by atoms with Crippen LogP contribution in [0.3, 0.4) is 0 Å². The van der Waals surface area contributed by atoms with E-state index in [9.17, 15) is 0 Å². The van der Waals surface area contributed by atoms with E-state index in [0.717, 1.165) is 32.1 Å². The molecule has 4 rings (SSSR count). The minimum absolute atomic E-state index is 0.285. The van der Waals surface area contributed by atoms with Gasteiger partial charge in [0.05, 0.1) is 12.7 Å². The van der Waals surface area contributed by atoms with E-state index in [1.54, 1.807) is 4.88 Å². The van der Waals surface area contributed by atoms with Crippen LogP contribution in [0, 0.1) is 0 Å². The maximum Gasteiger partial charge on any atom is 0.128 e. The molecule has 1 fully saturated rings. The number of aryl methyl sites for hydroxylation is 1. The van der Waals surface area contributed by atoms with Crippen LogP contribution in [0.2, 0.25) is 0 Å². The van der Waals surface area contributed by atoms with E-state index in [1.807, 2.05) is 17.5 Å². The number of pyridine rings is 1. The first-order valence-corrected chi connectivity index (χ1v) is 9.78. The van der Waals surface area contributed by atoms with Gasteiger partial charge in [0.25, 0.3) is 0 Å². The zero-order chi connectivity index (χ0) is 16.4. The molecule has 2 atom stereocenters. The van der Waals surface area contributed by atoms with E-state index in [0.29, 0.717) is 6.04 Å². The van der Waals surface area contributed by atoms with Gasteiger partial charge in [-0.25, -0.2) is 4.98 Å². The van der Waals surface area contributed by atoms with Crippen molar-refractivity contribution < 1.29 is 4.74 Å². The molecule has 128 valence electrons. The molecule has 0 bridgehead atoms. The molecule has 0 radical (unpaired) electrons. The highest BCUT2D eigenvalue weighted by molar-refractivity contribution is 7.10. The Bertz CT molecular complexity index is 670. The Balaban J connectivity index is 1.36. The maximum atomic E-state index is 5.60. The molecule has 0 saturated carbocycles. The zero-order valence-corrected chi connectivity index (χ0v) is 15.0. The van der Waals surface area contributed by atoms with Gasteiger partial charge in [0.1, 0.15) is 5.82 Å². The molecule has 3 heterocycles. The van der Waals surface area contributed by atoms with E-state index >= 15 is 0 Å². The van der Waals surface area contributed by atoms with Crippen molar-refractivity contribution in [2.24, 2.45) is 0 Å². The molecule has 5 heteroatoms. The van der Waals surface area contributed by atoms with Gasteiger partial charge in [-0.2, -0.15) is 0 Å². The normalized spacial score (nSPS) is 24.0. The smallest absolute Gasteiger partial charge is 0.128 e. The van der Waals surface area contributed by atoms with Crippen LogP contribution in [0.5, 0.6) is 0 Å². The third-order valence-electron chi connectivity index (χ3n) is 4.98. The summed E-state index contributed by atoms with van der Waals surface area (Å²) in [7, 11) is 0. The third-order valence-corrected chi connectivity index (χ3v) is 5.98. The molecule has 0 amide bonds. The lowest BCUT2D eigenvalue weighted by Gasteiger charge is -2.32. The van der Waals surface area contributed by atoms with Gasteiger partial charge in [0, 0.05) is 36.8 Å². The van der Waals surface area contributed by atoms with Gasteiger partial charge < -0.3 is 15.0 Å². The van der Waals surface area contributed by atoms with Crippen molar-refractivity contribution in [3.8, 4) is 0 Å². The largest absolute Gasteiger partial charge is 0.375 e. The number of morpholine rings is 1. The van der Waals surface area contributed by atoms with Crippen molar-refractivity contribution in [3.05, 3.63) is 45.8 Å². The summed E-state index contributed by atoms with van der Waals surface area (Å²) in [4.78, 5) is 8.54. The lowest BCUT2D eigenvalue weighted by molar-refractivity contribution is 0.0529. The molecule has 0 aromatic carbocycles. The second-order valence-corrected chi connectivity index (χ2v) is 7.78. The molecule has 24 heavy (non-hydrogen) atoms. The van der Waals surface area contributed by atoms with Crippen molar-refractivity contribution >= 4 is 17.2 Å². The summed E-state index contributed by atoms with van der Waals surface area (Å²) in [5.74, 6) is 1.06. The monoisotopic (exact) mass is 343 g/mol. The molecule has 1 saturated heterocycles. The fourth-order valence-corrected chi connectivity index (χ4v) is 4.66. The fourth-order valence-electron chi connectivity index (χ4n) is 3.67. The average molecular weight is 343 g/mol. The van der Waals surface area contributed by atoms with Crippen LogP contribution in [0.1, 0.15) is 41.8 Å². The minimum Gasteiger partial charge on any atom is -0.375 e. The van der Waals surface area contributed by atoms with Crippen molar-refractivity contribution in [2.75, 3.05) is 24.6 Å². The van der Waals surface area contributed by atoms with E-state index in [2.05, 4.69) is 45.7 Å². The number of hydrogen-bond acceptors (Lipinski definition) is 5. The van der Waals surface area contributed by atoms with Gasteiger partial charge in [-0.3, -0.25) is 0 Å². The van der Waals surface area contributed by atoms with E-state index in [1.165, 1.54) is 30.4 Å². The minimum atomic E-state index is 0.285. The van der Waals surface area contributed by atoms with E-state index in [-0.39, 0.29) is 6.10 Å². The molecular formula is C19H25N3OS. The van der Waals surface area contributed by atoms with Crippen LogP contribution in [0.15, 0.2) is 29.8 Å². The predicted molar refractivity (Wildman–Crippen MR) is 98.7 cm³/mol. The Morgan fingerprint density at radius 3 is 3.17 bits per heavy atom. The first kappa shape index (κ1) is 16.1. The van der Waals surface area contributed by atoms with Crippen LogP contribution >= 0.6 is 11.3 Å². The molecule has 2 aromatic rings. The average Bonchev–Trinajstić information content (AvgIpc) is 3.10. The van der Waals surface area contributed by atoms with Crippen molar-refractivity contribution in [2.45, 2.75) is 44.9 Å². The van der Waals surface area contributed by atoms with Crippen LogP contribution in [-0.2, 0) is 17.7 Å². The quantitative estimate of drug-likeness (QED) is 0.921. The van der Waals surface area contributed by atoms with Gasteiger partial charge in [-0.1, -0.05) is 6.07 Å². The molecule has 0 spiro atoms. The van der Waals surface area contributed by atoms with Gasteiger partial charge in [0.2, 0.25) is 0 Å². The Morgan fingerprint density at radius 2 is 2.33 bits per heavy atom. The SMILES string of the molecule is CC1CN(c2ccc(CNC3CCCc4sccc43)cn2)CCO1. The van der Waals surface area contributed by atoms with Gasteiger partial charge in [-0.05, 0) is 54.8 Å². The lowest BCUT2D eigenvalue weighted by Crippen LogP contribution is -2.41. The Labute approximate surface area is 147 Å². The predicted octanol–water partition coefficient (Wildman–Crippen LogP) is 3.54. The lowest BCUT2D eigenvalue weighted by atomic mass is 9.94. The molecule has 1 N–H and O–H groups in total. The summed E-state index contributed by atoms with van der Waals surface area (Å²) in [6, 6.07) is 7.14. The number of aromatic nitrogens is 1. The number of thiophene rings is 1. The molecule has 4 nitrogen and oxygen atoms in total. The van der Waals surface area contributed by atoms with E-state index in [4.69, 9.17) is 4.74 Å². The molecule has 2 aliphatic rings. The third kappa shape index (κ3) is 3.48. The summed E-state index contributed by atoms with van der Waals surface area (Å²) >= 11 is 1.90. The number of hydrogen-bond donors (Lipinski definition) is 1. The summed E-state index contributed by atoms with van der Waals surface area (Å²) in [5, 5.41) is 5.95. The van der Waals surface area contributed by atoms with Gasteiger partial charge >= 0.3 is 0 Å². The summed E-state index contributed by atoms with van der Waals surface area (Å²) < 4.78 is 5.60. The molecule has 2 aromatic heterocycles. The van der Waals surface area contributed by atoms with Crippen LogP contribution in [0.25, 0.3) is 0 Å². The second kappa shape index (κ2) is 7.21. The number of nitrogens with zero attached hydrogens (tertiary/aromatic N) is 2. The highest BCUT2D eigenvalue weighted by atomic mass is 32.1. The number of rotatable bonds is 4. The summed E-state index contributed by atoms with van der Waals surface area (Å²) in [5.41, 5.74) is 2.76. The van der Waals surface area contributed by atoms with Crippen LogP contribution in [0.4, 0.5) is 5.82 Å². The second-order valence-electron chi connectivity index (χ2n) is 6.78. The number of anilines is 1. The van der Waals surface area contributed by atoms with Crippen LogP contribution in [-0.4, -0.2) is 30.8 Å². The highest BCUT2D eigenvalue weighted by Crippen LogP contribution is 2.33. The molecule has 2 unspecified atom stereocenters. The van der Waals surface area contributed by atoms with Gasteiger partial charge in [0.15, 0.2) is 0 Å². The molecular weight excluding hydrogens is 318 g/mol. The first-order chi connectivity index (χ1) is 11.8.